The van der Waals surface area contributed by atoms with E-state index in [9.17, 15) is 0 Å². The molecule has 2 nitrogen and oxygen atoms in total. The maximum atomic E-state index is 5.77. The van der Waals surface area contributed by atoms with E-state index in [4.69, 9.17) is 4.42 Å². The van der Waals surface area contributed by atoms with E-state index in [0.29, 0.717) is 0 Å². The number of nitrogens with zero attached hydrogens (tertiary/aromatic N) is 1. The Morgan fingerprint density at radius 3 is 2.80 bits per heavy atom. The number of anilines is 1. The van der Waals surface area contributed by atoms with E-state index in [1.54, 1.807) is 0 Å². The van der Waals surface area contributed by atoms with E-state index in [1.807, 2.05) is 6.92 Å². The molecule has 1 fully saturated rings. The molecular formula is C13H15NO. The van der Waals surface area contributed by atoms with Gasteiger partial charge in [-0.05, 0) is 31.9 Å². The van der Waals surface area contributed by atoms with E-state index in [1.165, 1.54) is 37.0 Å². The molecule has 2 heterocycles. The van der Waals surface area contributed by atoms with Crippen molar-refractivity contribution >= 4 is 16.7 Å². The summed E-state index contributed by atoms with van der Waals surface area (Å²) in [6.07, 6.45) is 2.60. The van der Waals surface area contributed by atoms with Crippen molar-refractivity contribution in [1.29, 1.82) is 0 Å². The quantitative estimate of drug-likeness (QED) is 0.703. The predicted octanol–water partition coefficient (Wildman–Crippen LogP) is 3.34. The minimum atomic E-state index is 0.997. The zero-order valence-corrected chi connectivity index (χ0v) is 8.99. The molecule has 0 aliphatic carbocycles. The Balaban J connectivity index is 2.16. The molecule has 0 radical (unpaired) electrons. The van der Waals surface area contributed by atoms with Crippen molar-refractivity contribution in [3.63, 3.8) is 0 Å². The summed E-state index contributed by atoms with van der Waals surface area (Å²) in [6.45, 7) is 4.34. The lowest BCUT2D eigenvalue weighted by atomic mass is 10.2. The maximum absolute atomic E-state index is 5.77. The molecule has 0 unspecified atom stereocenters. The molecule has 0 atom stereocenters. The maximum Gasteiger partial charge on any atom is 0.157 e. The Hall–Kier alpha value is -1.44. The highest BCUT2D eigenvalue weighted by Crippen LogP contribution is 2.31. The van der Waals surface area contributed by atoms with Crippen LogP contribution >= 0.6 is 0 Å². The molecule has 78 valence electrons. The molecule has 2 aromatic rings. The van der Waals surface area contributed by atoms with Crippen molar-refractivity contribution in [3.05, 3.63) is 30.0 Å². The number of aryl methyl sites for hydroxylation is 1. The summed E-state index contributed by atoms with van der Waals surface area (Å²) in [7, 11) is 0. The van der Waals surface area contributed by atoms with Crippen molar-refractivity contribution in [2.24, 2.45) is 0 Å². The lowest BCUT2D eigenvalue weighted by Crippen LogP contribution is -2.17. The summed E-state index contributed by atoms with van der Waals surface area (Å²) in [6, 6.07) is 8.50. The largest absolute Gasteiger partial charge is 0.459 e. The molecule has 1 aliphatic heterocycles. The van der Waals surface area contributed by atoms with Crippen LogP contribution in [-0.4, -0.2) is 13.1 Å². The van der Waals surface area contributed by atoms with Crippen LogP contribution < -0.4 is 4.90 Å². The molecule has 0 N–H and O–H groups in total. The first-order valence-electron chi connectivity index (χ1n) is 5.59. The third kappa shape index (κ3) is 1.41. The summed E-state index contributed by atoms with van der Waals surface area (Å²) < 4.78 is 5.77. The SMILES string of the molecule is Cc1cc2cccc(N3CCCC3)c2o1. The number of fused-ring (bicyclic) bond motifs is 1. The van der Waals surface area contributed by atoms with Crippen molar-refractivity contribution in [2.45, 2.75) is 19.8 Å². The second-order valence-corrected chi connectivity index (χ2v) is 4.25. The van der Waals surface area contributed by atoms with Crippen LogP contribution in [0.25, 0.3) is 11.0 Å². The normalized spacial score (nSPS) is 16.5. The summed E-state index contributed by atoms with van der Waals surface area (Å²) in [5.41, 5.74) is 2.31. The lowest BCUT2D eigenvalue weighted by molar-refractivity contribution is 0.578. The van der Waals surface area contributed by atoms with Gasteiger partial charge in [-0.25, -0.2) is 0 Å². The smallest absolute Gasteiger partial charge is 0.157 e. The lowest BCUT2D eigenvalue weighted by Gasteiger charge is -2.17. The number of hydrogen-bond donors (Lipinski definition) is 0. The van der Waals surface area contributed by atoms with Gasteiger partial charge < -0.3 is 9.32 Å². The van der Waals surface area contributed by atoms with Crippen LogP contribution in [0.5, 0.6) is 0 Å². The molecule has 1 saturated heterocycles. The fraction of sp³-hybridized carbons (Fsp3) is 0.385. The van der Waals surface area contributed by atoms with E-state index < -0.39 is 0 Å². The molecule has 0 bridgehead atoms. The van der Waals surface area contributed by atoms with E-state index in [2.05, 4.69) is 29.2 Å². The topological polar surface area (TPSA) is 16.4 Å². The molecule has 2 heteroatoms. The van der Waals surface area contributed by atoms with Gasteiger partial charge in [0.1, 0.15) is 5.76 Å². The van der Waals surface area contributed by atoms with Gasteiger partial charge in [-0.15, -0.1) is 0 Å². The summed E-state index contributed by atoms with van der Waals surface area (Å²) in [5.74, 6) is 0.997. The van der Waals surface area contributed by atoms with Gasteiger partial charge in [-0.2, -0.15) is 0 Å². The van der Waals surface area contributed by atoms with Crippen LogP contribution in [0, 0.1) is 6.92 Å². The fourth-order valence-corrected chi connectivity index (χ4v) is 2.38. The summed E-state index contributed by atoms with van der Waals surface area (Å²) in [4.78, 5) is 2.42. The fourth-order valence-electron chi connectivity index (χ4n) is 2.38. The van der Waals surface area contributed by atoms with E-state index in [-0.39, 0.29) is 0 Å². The van der Waals surface area contributed by atoms with E-state index >= 15 is 0 Å². The Kier molecular flexibility index (Phi) is 1.94. The average molecular weight is 201 g/mol. The molecule has 0 amide bonds. The molecule has 0 spiro atoms. The first-order chi connectivity index (χ1) is 7.34. The third-order valence-corrected chi connectivity index (χ3v) is 3.09. The van der Waals surface area contributed by atoms with Crippen LogP contribution in [0.2, 0.25) is 0 Å². The minimum absolute atomic E-state index is 0.997. The van der Waals surface area contributed by atoms with Crippen LogP contribution in [-0.2, 0) is 0 Å². The molecule has 1 aromatic carbocycles. The molecule has 1 aliphatic rings. The van der Waals surface area contributed by atoms with Gasteiger partial charge >= 0.3 is 0 Å². The highest BCUT2D eigenvalue weighted by Gasteiger charge is 2.16. The molecule has 15 heavy (non-hydrogen) atoms. The second kappa shape index (κ2) is 3.30. The first-order valence-corrected chi connectivity index (χ1v) is 5.59. The highest BCUT2D eigenvalue weighted by molar-refractivity contribution is 5.90. The van der Waals surface area contributed by atoms with Gasteiger partial charge in [0.2, 0.25) is 0 Å². The predicted molar refractivity (Wildman–Crippen MR) is 62.4 cm³/mol. The number of hydrogen-bond acceptors (Lipinski definition) is 2. The van der Waals surface area contributed by atoms with Crippen molar-refractivity contribution < 1.29 is 4.42 Å². The Bertz CT molecular complexity index is 480. The van der Waals surface area contributed by atoms with Gasteiger partial charge in [0.05, 0.1) is 5.69 Å². The summed E-state index contributed by atoms with van der Waals surface area (Å²) in [5, 5.41) is 1.22. The van der Waals surface area contributed by atoms with Crippen LogP contribution in [0.3, 0.4) is 0 Å². The monoisotopic (exact) mass is 201 g/mol. The minimum Gasteiger partial charge on any atom is -0.459 e. The Morgan fingerprint density at radius 1 is 1.20 bits per heavy atom. The van der Waals surface area contributed by atoms with Crippen LogP contribution in [0.4, 0.5) is 5.69 Å². The zero-order valence-electron chi connectivity index (χ0n) is 8.99. The van der Waals surface area contributed by atoms with Crippen LogP contribution in [0.1, 0.15) is 18.6 Å². The third-order valence-electron chi connectivity index (χ3n) is 3.09. The van der Waals surface area contributed by atoms with Crippen LogP contribution in [0.15, 0.2) is 28.7 Å². The number of rotatable bonds is 1. The summed E-state index contributed by atoms with van der Waals surface area (Å²) >= 11 is 0. The standard InChI is InChI=1S/C13H15NO/c1-10-9-11-5-4-6-12(13(11)15-10)14-7-2-3-8-14/h4-6,9H,2-3,7-8H2,1H3. The Labute approximate surface area is 89.5 Å². The number of benzene rings is 1. The zero-order chi connectivity index (χ0) is 10.3. The molecule has 3 rings (SSSR count). The van der Waals surface area contributed by atoms with Crippen molar-refractivity contribution in [3.8, 4) is 0 Å². The van der Waals surface area contributed by atoms with Crippen molar-refractivity contribution in [2.75, 3.05) is 18.0 Å². The molecular weight excluding hydrogens is 186 g/mol. The highest BCUT2D eigenvalue weighted by atomic mass is 16.3. The van der Waals surface area contributed by atoms with Gasteiger partial charge in [0, 0.05) is 18.5 Å². The van der Waals surface area contributed by atoms with E-state index in [0.717, 1.165) is 11.3 Å². The number of furan rings is 1. The van der Waals surface area contributed by atoms with Gasteiger partial charge in [0.25, 0.3) is 0 Å². The van der Waals surface area contributed by atoms with Gasteiger partial charge in [0.15, 0.2) is 5.58 Å². The average Bonchev–Trinajstić information content (AvgIpc) is 2.82. The Morgan fingerprint density at radius 2 is 2.00 bits per heavy atom. The number of para-hydroxylation sites is 1. The second-order valence-electron chi connectivity index (χ2n) is 4.25. The van der Waals surface area contributed by atoms with Gasteiger partial charge in [-0.1, -0.05) is 12.1 Å². The molecule has 0 saturated carbocycles. The molecule has 1 aromatic heterocycles. The van der Waals surface area contributed by atoms with Crippen molar-refractivity contribution in [1.82, 2.24) is 0 Å². The first kappa shape index (κ1) is 8.84. The van der Waals surface area contributed by atoms with Gasteiger partial charge in [-0.3, -0.25) is 0 Å².